The van der Waals surface area contributed by atoms with Crippen molar-refractivity contribution in [3.63, 3.8) is 0 Å². The van der Waals surface area contributed by atoms with Crippen LogP contribution >= 0.6 is 11.8 Å². The predicted octanol–water partition coefficient (Wildman–Crippen LogP) is 1.72. The van der Waals surface area contributed by atoms with Crippen LogP contribution < -0.4 is 10.6 Å². The molecule has 0 aliphatic heterocycles. The van der Waals surface area contributed by atoms with Gasteiger partial charge >= 0.3 is 0 Å². The number of nitrogens with one attached hydrogen (secondary N) is 2. The van der Waals surface area contributed by atoms with Crippen LogP contribution in [0.1, 0.15) is 27.7 Å². The lowest BCUT2D eigenvalue weighted by molar-refractivity contribution is 0.416. The Morgan fingerprint density at radius 2 is 1.85 bits per heavy atom. The topological polar surface area (TPSA) is 24.1 Å². The first-order valence-electron chi connectivity index (χ1n) is 4.93. The highest BCUT2D eigenvalue weighted by atomic mass is 32.2. The summed E-state index contributed by atoms with van der Waals surface area (Å²) in [6, 6.07) is 0.622. The summed E-state index contributed by atoms with van der Waals surface area (Å²) in [5.41, 5.74) is 0.241. The van der Waals surface area contributed by atoms with Gasteiger partial charge in [-0.15, -0.1) is 0 Å². The molecule has 3 heteroatoms. The van der Waals surface area contributed by atoms with Gasteiger partial charge in [-0.05, 0) is 34.0 Å². The van der Waals surface area contributed by atoms with Gasteiger partial charge in [-0.25, -0.2) is 0 Å². The molecule has 0 radical (unpaired) electrons. The van der Waals surface area contributed by atoms with Crippen LogP contribution in [0.3, 0.4) is 0 Å². The molecule has 0 fully saturated rings. The van der Waals surface area contributed by atoms with Crippen LogP contribution in [0.15, 0.2) is 0 Å². The van der Waals surface area contributed by atoms with E-state index < -0.39 is 0 Å². The second-order valence-electron chi connectivity index (χ2n) is 4.49. The van der Waals surface area contributed by atoms with Gasteiger partial charge in [0.1, 0.15) is 0 Å². The second-order valence-corrected chi connectivity index (χ2v) is 5.40. The normalized spacial score (nSPS) is 14.5. The fourth-order valence-corrected chi connectivity index (χ4v) is 1.68. The van der Waals surface area contributed by atoms with Crippen LogP contribution in [0.2, 0.25) is 0 Å². The minimum absolute atomic E-state index is 0.241. The van der Waals surface area contributed by atoms with Gasteiger partial charge in [-0.1, -0.05) is 0 Å². The molecule has 1 unspecified atom stereocenters. The van der Waals surface area contributed by atoms with Crippen LogP contribution in [0.4, 0.5) is 0 Å². The third-order valence-corrected chi connectivity index (χ3v) is 2.52. The Balaban J connectivity index is 3.25. The molecule has 0 aliphatic rings. The molecule has 13 heavy (non-hydrogen) atoms. The lowest BCUT2D eigenvalue weighted by Gasteiger charge is -2.21. The fraction of sp³-hybridized carbons (Fsp3) is 1.00. The van der Waals surface area contributed by atoms with Crippen molar-refractivity contribution >= 4 is 11.8 Å². The first kappa shape index (κ1) is 13.3. The third-order valence-electron chi connectivity index (χ3n) is 1.69. The fourth-order valence-electron chi connectivity index (χ4n) is 1.06. The van der Waals surface area contributed by atoms with Crippen molar-refractivity contribution in [1.82, 2.24) is 10.6 Å². The predicted molar refractivity (Wildman–Crippen MR) is 63.6 cm³/mol. The van der Waals surface area contributed by atoms with Gasteiger partial charge in [0.2, 0.25) is 0 Å². The molecule has 0 aliphatic carbocycles. The first-order chi connectivity index (χ1) is 5.95. The van der Waals surface area contributed by atoms with E-state index in [1.807, 2.05) is 11.8 Å². The van der Waals surface area contributed by atoms with E-state index in [1.165, 1.54) is 5.75 Å². The summed E-state index contributed by atoms with van der Waals surface area (Å²) in [5, 5.41) is 6.92. The molecule has 0 heterocycles. The molecule has 80 valence electrons. The van der Waals surface area contributed by atoms with E-state index in [0.29, 0.717) is 6.04 Å². The quantitative estimate of drug-likeness (QED) is 0.644. The van der Waals surface area contributed by atoms with Crippen LogP contribution in [-0.2, 0) is 0 Å². The van der Waals surface area contributed by atoms with Gasteiger partial charge in [0, 0.05) is 30.4 Å². The maximum absolute atomic E-state index is 3.47. The SMILES string of the molecule is CSCC(C)NCCNC(C)(C)C. The van der Waals surface area contributed by atoms with Crippen LogP contribution in [0, 0.1) is 0 Å². The molecule has 2 nitrogen and oxygen atoms in total. The zero-order chi connectivity index (χ0) is 10.3. The van der Waals surface area contributed by atoms with E-state index in [-0.39, 0.29) is 5.54 Å². The molecule has 1 atom stereocenters. The maximum atomic E-state index is 3.47. The van der Waals surface area contributed by atoms with E-state index in [2.05, 4.69) is 44.6 Å². The lowest BCUT2D eigenvalue weighted by Crippen LogP contribution is -2.42. The number of rotatable bonds is 6. The van der Waals surface area contributed by atoms with Gasteiger partial charge in [0.05, 0.1) is 0 Å². The van der Waals surface area contributed by atoms with E-state index >= 15 is 0 Å². The monoisotopic (exact) mass is 204 g/mol. The van der Waals surface area contributed by atoms with Crippen molar-refractivity contribution in [2.24, 2.45) is 0 Å². The summed E-state index contributed by atoms with van der Waals surface area (Å²) in [5.74, 6) is 1.19. The standard InChI is InChI=1S/C10H24N2S/c1-9(8-13-5)11-6-7-12-10(2,3)4/h9,11-12H,6-8H2,1-5H3. The van der Waals surface area contributed by atoms with Crippen molar-refractivity contribution < 1.29 is 0 Å². The molecule has 0 aromatic carbocycles. The average molecular weight is 204 g/mol. The molecule has 0 aromatic heterocycles. The average Bonchev–Trinajstić information content (AvgIpc) is 1.97. The highest BCUT2D eigenvalue weighted by Crippen LogP contribution is 1.97. The van der Waals surface area contributed by atoms with Crippen molar-refractivity contribution in [3.8, 4) is 0 Å². The molecule has 0 saturated heterocycles. The minimum Gasteiger partial charge on any atom is -0.312 e. The van der Waals surface area contributed by atoms with Crippen LogP contribution in [0.5, 0.6) is 0 Å². The highest BCUT2D eigenvalue weighted by molar-refractivity contribution is 7.98. The number of hydrogen-bond acceptors (Lipinski definition) is 3. The molecule has 0 bridgehead atoms. The zero-order valence-electron chi connectivity index (χ0n) is 9.61. The van der Waals surface area contributed by atoms with Gasteiger partial charge < -0.3 is 10.6 Å². The van der Waals surface area contributed by atoms with E-state index in [1.54, 1.807) is 0 Å². The first-order valence-corrected chi connectivity index (χ1v) is 6.32. The van der Waals surface area contributed by atoms with Gasteiger partial charge in [-0.3, -0.25) is 0 Å². The smallest absolute Gasteiger partial charge is 0.0130 e. The molecule has 0 spiro atoms. The molecule has 0 rings (SSSR count). The molecule has 0 aromatic rings. The van der Waals surface area contributed by atoms with Gasteiger partial charge in [0.25, 0.3) is 0 Å². The Morgan fingerprint density at radius 1 is 1.23 bits per heavy atom. The molecule has 0 amide bonds. The summed E-state index contributed by atoms with van der Waals surface area (Å²) in [7, 11) is 0. The second kappa shape index (κ2) is 6.68. The largest absolute Gasteiger partial charge is 0.312 e. The number of thioether (sulfide) groups is 1. The molecular weight excluding hydrogens is 180 g/mol. The maximum Gasteiger partial charge on any atom is 0.0130 e. The van der Waals surface area contributed by atoms with Crippen molar-refractivity contribution in [2.75, 3.05) is 25.1 Å². The van der Waals surface area contributed by atoms with Crippen LogP contribution in [0.25, 0.3) is 0 Å². The Labute approximate surface area is 87.2 Å². The molecule has 2 N–H and O–H groups in total. The van der Waals surface area contributed by atoms with E-state index in [4.69, 9.17) is 0 Å². The van der Waals surface area contributed by atoms with Crippen molar-refractivity contribution in [2.45, 2.75) is 39.3 Å². The van der Waals surface area contributed by atoms with Crippen molar-refractivity contribution in [3.05, 3.63) is 0 Å². The zero-order valence-corrected chi connectivity index (χ0v) is 10.4. The summed E-state index contributed by atoms with van der Waals surface area (Å²) in [6.07, 6.45) is 2.14. The summed E-state index contributed by atoms with van der Waals surface area (Å²) in [6.45, 7) is 10.9. The van der Waals surface area contributed by atoms with E-state index in [9.17, 15) is 0 Å². The summed E-state index contributed by atoms with van der Waals surface area (Å²) >= 11 is 1.89. The summed E-state index contributed by atoms with van der Waals surface area (Å²) in [4.78, 5) is 0. The van der Waals surface area contributed by atoms with Crippen LogP contribution in [-0.4, -0.2) is 36.7 Å². The number of hydrogen-bond donors (Lipinski definition) is 2. The molecule has 0 saturated carbocycles. The lowest BCUT2D eigenvalue weighted by atomic mass is 10.1. The van der Waals surface area contributed by atoms with E-state index in [0.717, 1.165) is 13.1 Å². The third kappa shape index (κ3) is 10.2. The highest BCUT2D eigenvalue weighted by Gasteiger charge is 2.07. The van der Waals surface area contributed by atoms with Gasteiger partial charge in [-0.2, -0.15) is 11.8 Å². The van der Waals surface area contributed by atoms with Crippen molar-refractivity contribution in [1.29, 1.82) is 0 Å². The minimum atomic E-state index is 0.241. The Morgan fingerprint density at radius 3 is 2.31 bits per heavy atom. The Kier molecular flexibility index (Phi) is 6.82. The Bertz CT molecular complexity index is 121. The summed E-state index contributed by atoms with van der Waals surface area (Å²) < 4.78 is 0. The van der Waals surface area contributed by atoms with Gasteiger partial charge in [0.15, 0.2) is 0 Å². The Hall–Kier alpha value is 0.270. The molecular formula is C10H24N2S.